The third kappa shape index (κ3) is 5.48. The van der Waals surface area contributed by atoms with Crippen molar-refractivity contribution >= 4 is 11.9 Å². The van der Waals surface area contributed by atoms with E-state index in [0.29, 0.717) is 0 Å². The number of carboxylic acids is 1. The SMILES string of the molecule is CCC(O)(C(=O)OOOC(C)(C)C)C(O)C(O)C(O)C(=O)O. The van der Waals surface area contributed by atoms with E-state index in [9.17, 15) is 24.9 Å². The first kappa shape index (κ1) is 20.7. The third-order valence-electron chi connectivity index (χ3n) is 2.68. The minimum atomic E-state index is -2.71. The fraction of sp³-hybridized carbons (Fsp3) is 0.833. The standard InChI is InChI=1S/C12H22O10/c1-5-12(19,8(15)6(13)7(14)9(16)17)10(18)20-22-21-11(2,3)4/h6-8,13-15,19H,5H2,1-4H3,(H,16,17). The largest absolute Gasteiger partial charge is 0.479 e. The highest BCUT2D eigenvalue weighted by Crippen LogP contribution is 2.22. The van der Waals surface area contributed by atoms with Crippen LogP contribution in [0, 0.1) is 0 Å². The maximum absolute atomic E-state index is 11.7. The van der Waals surface area contributed by atoms with Gasteiger partial charge in [0.15, 0.2) is 11.7 Å². The highest BCUT2D eigenvalue weighted by atomic mass is 17.5. The second kappa shape index (κ2) is 7.81. The quantitative estimate of drug-likeness (QED) is 0.262. The van der Waals surface area contributed by atoms with Crippen molar-refractivity contribution in [3.8, 4) is 0 Å². The lowest BCUT2D eigenvalue weighted by atomic mass is 9.88. The summed E-state index contributed by atoms with van der Waals surface area (Å²) < 4.78 is 0. The van der Waals surface area contributed by atoms with Gasteiger partial charge in [0.2, 0.25) is 0 Å². The highest BCUT2D eigenvalue weighted by molar-refractivity contribution is 5.80. The van der Waals surface area contributed by atoms with Crippen LogP contribution >= 0.6 is 0 Å². The zero-order valence-electron chi connectivity index (χ0n) is 12.7. The molecule has 0 radical (unpaired) electrons. The normalized spacial score (nSPS) is 18.9. The molecule has 4 atom stereocenters. The summed E-state index contributed by atoms with van der Waals surface area (Å²) in [6.07, 6.45) is -7.55. The molecule has 10 heteroatoms. The summed E-state index contributed by atoms with van der Waals surface area (Å²) in [7, 11) is 0. The van der Waals surface area contributed by atoms with Gasteiger partial charge in [-0.15, -0.1) is 0 Å². The molecule has 130 valence electrons. The molecule has 5 N–H and O–H groups in total. The molecule has 0 aliphatic carbocycles. The van der Waals surface area contributed by atoms with E-state index in [1.807, 2.05) is 0 Å². The van der Waals surface area contributed by atoms with Gasteiger partial charge < -0.3 is 25.5 Å². The Morgan fingerprint density at radius 3 is 2.00 bits per heavy atom. The van der Waals surface area contributed by atoms with Crippen molar-refractivity contribution in [2.24, 2.45) is 0 Å². The lowest BCUT2D eigenvalue weighted by Crippen LogP contribution is -2.58. The fourth-order valence-corrected chi connectivity index (χ4v) is 1.30. The number of aliphatic hydroxyl groups excluding tert-OH is 3. The number of hydrogen-bond donors (Lipinski definition) is 5. The van der Waals surface area contributed by atoms with Crippen molar-refractivity contribution < 1.29 is 49.9 Å². The smallest absolute Gasteiger partial charge is 0.379 e. The van der Waals surface area contributed by atoms with Crippen LogP contribution in [0.3, 0.4) is 0 Å². The van der Waals surface area contributed by atoms with Crippen LogP contribution in [-0.2, 0) is 24.4 Å². The van der Waals surface area contributed by atoms with Crippen LogP contribution in [0.15, 0.2) is 0 Å². The summed E-state index contributed by atoms with van der Waals surface area (Å²) in [5.41, 5.74) is -3.54. The van der Waals surface area contributed by atoms with E-state index in [4.69, 9.17) is 10.2 Å². The Morgan fingerprint density at radius 1 is 1.14 bits per heavy atom. The van der Waals surface area contributed by atoms with E-state index in [0.717, 1.165) is 0 Å². The van der Waals surface area contributed by atoms with Crippen LogP contribution in [0.4, 0.5) is 0 Å². The van der Waals surface area contributed by atoms with E-state index >= 15 is 0 Å². The molecule has 0 fully saturated rings. The summed E-state index contributed by atoms with van der Waals surface area (Å²) in [5, 5.41) is 51.2. The first-order chi connectivity index (χ1) is 9.86. The van der Waals surface area contributed by atoms with E-state index in [1.165, 1.54) is 6.92 Å². The maximum atomic E-state index is 11.7. The van der Waals surface area contributed by atoms with Crippen molar-refractivity contribution in [3.05, 3.63) is 0 Å². The average molecular weight is 326 g/mol. The van der Waals surface area contributed by atoms with E-state index in [2.05, 4.69) is 14.8 Å². The van der Waals surface area contributed by atoms with Gasteiger partial charge in [-0.3, -0.25) is 4.89 Å². The number of carbonyl (C=O) groups excluding carboxylic acids is 1. The molecular weight excluding hydrogens is 304 g/mol. The summed E-state index contributed by atoms with van der Waals surface area (Å²) in [5.74, 6) is -3.37. The molecule has 0 rings (SSSR count). The molecule has 4 unspecified atom stereocenters. The number of carboxylic acid groups (broad SMARTS) is 1. The molecule has 10 nitrogen and oxygen atoms in total. The van der Waals surface area contributed by atoms with E-state index in [-0.39, 0.29) is 0 Å². The molecule has 0 saturated heterocycles. The van der Waals surface area contributed by atoms with Crippen LogP contribution in [-0.4, -0.2) is 67.0 Å². The number of aliphatic hydroxyl groups is 4. The monoisotopic (exact) mass is 326 g/mol. The lowest BCUT2D eigenvalue weighted by Gasteiger charge is -2.32. The third-order valence-corrected chi connectivity index (χ3v) is 2.68. The second-order valence-corrected chi connectivity index (χ2v) is 5.63. The maximum Gasteiger partial charge on any atom is 0.379 e. The zero-order valence-corrected chi connectivity index (χ0v) is 12.7. The van der Waals surface area contributed by atoms with Gasteiger partial charge in [0.05, 0.1) is 5.60 Å². The number of aliphatic carboxylic acids is 1. The Labute approximate surface area is 126 Å². The van der Waals surface area contributed by atoms with Crippen LogP contribution in [0.5, 0.6) is 0 Å². The second-order valence-electron chi connectivity index (χ2n) is 5.63. The Kier molecular flexibility index (Phi) is 7.35. The van der Waals surface area contributed by atoms with Crippen molar-refractivity contribution in [1.29, 1.82) is 0 Å². The van der Waals surface area contributed by atoms with Gasteiger partial charge in [-0.05, 0) is 32.2 Å². The fourth-order valence-electron chi connectivity index (χ4n) is 1.30. The van der Waals surface area contributed by atoms with Gasteiger partial charge >= 0.3 is 11.9 Å². The highest BCUT2D eigenvalue weighted by Gasteiger charge is 2.50. The van der Waals surface area contributed by atoms with Crippen LogP contribution in [0.25, 0.3) is 0 Å². The Hall–Kier alpha value is -1.30. The number of carbonyl (C=O) groups is 2. The van der Waals surface area contributed by atoms with Gasteiger partial charge in [-0.1, -0.05) is 6.92 Å². The molecule has 0 aromatic carbocycles. The average Bonchev–Trinajstić information content (AvgIpc) is 2.42. The summed E-state index contributed by atoms with van der Waals surface area (Å²) in [6.45, 7) is 5.99. The minimum absolute atomic E-state index is 0.463. The van der Waals surface area contributed by atoms with Gasteiger partial charge in [0.25, 0.3) is 0 Å². The van der Waals surface area contributed by atoms with Gasteiger partial charge in [0.1, 0.15) is 12.2 Å². The van der Waals surface area contributed by atoms with Crippen molar-refractivity contribution in [3.63, 3.8) is 0 Å². The molecule has 0 aliphatic heterocycles. The summed E-state index contributed by atoms with van der Waals surface area (Å²) in [6, 6.07) is 0. The Balaban J connectivity index is 4.93. The van der Waals surface area contributed by atoms with Crippen molar-refractivity contribution in [1.82, 2.24) is 0 Å². The molecule has 0 saturated carbocycles. The Morgan fingerprint density at radius 2 is 1.64 bits per heavy atom. The van der Waals surface area contributed by atoms with E-state index in [1.54, 1.807) is 20.8 Å². The first-order valence-corrected chi connectivity index (χ1v) is 6.43. The van der Waals surface area contributed by atoms with Crippen molar-refractivity contribution in [2.75, 3.05) is 0 Å². The molecule has 0 spiro atoms. The lowest BCUT2D eigenvalue weighted by molar-refractivity contribution is -0.517. The van der Waals surface area contributed by atoms with E-state index < -0.39 is 47.9 Å². The molecule has 22 heavy (non-hydrogen) atoms. The number of hydrogen-bond acceptors (Lipinski definition) is 9. The summed E-state index contributed by atoms with van der Waals surface area (Å²) in [4.78, 5) is 31.1. The molecule has 0 heterocycles. The molecular formula is C12H22O10. The molecule has 0 aromatic heterocycles. The first-order valence-electron chi connectivity index (χ1n) is 6.43. The predicted octanol–water partition coefficient (Wildman–Crippen LogP) is -1.50. The summed E-state index contributed by atoms with van der Waals surface area (Å²) >= 11 is 0. The predicted molar refractivity (Wildman–Crippen MR) is 68.9 cm³/mol. The van der Waals surface area contributed by atoms with Crippen LogP contribution < -0.4 is 0 Å². The number of rotatable bonds is 8. The van der Waals surface area contributed by atoms with Gasteiger partial charge in [-0.25, -0.2) is 9.59 Å². The van der Waals surface area contributed by atoms with Gasteiger partial charge in [-0.2, -0.15) is 4.89 Å². The van der Waals surface area contributed by atoms with Crippen LogP contribution in [0.1, 0.15) is 34.1 Å². The Bertz CT molecular complexity index is 390. The van der Waals surface area contributed by atoms with Crippen molar-refractivity contribution in [2.45, 2.75) is 63.6 Å². The molecule has 0 amide bonds. The topological polar surface area (TPSA) is 163 Å². The molecule has 0 bridgehead atoms. The van der Waals surface area contributed by atoms with Gasteiger partial charge in [0, 0.05) is 0 Å². The zero-order chi connectivity index (χ0) is 17.7. The molecule has 0 aliphatic rings. The van der Waals surface area contributed by atoms with Crippen LogP contribution in [0.2, 0.25) is 0 Å². The molecule has 0 aromatic rings. The minimum Gasteiger partial charge on any atom is -0.479 e.